The highest BCUT2D eigenvalue weighted by atomic mass is 32.2. The molecule has 0 amide bonds. The van der Waals surface area contributed by atoms with E-state index in [0.29, 0.717) is 16.4 Å². The Labute approximate surface area is 117 Å². The van der Waals surface area contributed by atoms with Crippen molar-refractivity contribution in [3.63, 3.8) is 0 Å². The number of sulfone groups is 1. The average molecular weight is 302 g/mol. The Balaban J connectivity index is 3.36. The molecular formula is C12H18N2O3S2. The molecule has 1 aromatic heterocycles. The van der Waals surface area contributed by atoms with Gasteiger partial charge in [0.2, 0.25) is 0 Å². The van der Waals surface area contributed by atoms with Crippen molar-refractivity contribution in [2.45, 2.75) is 25.2 Å². The van der Waals surface area contributed by atoms with E-state index in [-0.39, 0.29) is 22.8 Å². The molecule has 0 saturated carbocycles. The van der Waals surface area contributed by atoms with Crippen molar-refractivity contribution in [3.05, 3.63) is 17.0 Å². The molecule has 1 heterocycles. The predicted octanol–water partition coefficient (Wildman–Crippen LogP) is 2.31. The highest BCUT2D eigenvalue weighted by molar-refractivity contribution is 7.91. The third-order valence-electron chi connectivity index (χ3n) is 2.40. The Hall–Kier alpha value is -1.34. The minimum absolute atomic E-state index is 0.00977. The molecule has 0 saturated heterocycles. The summed E-state index contributed by atoms with van der Waals surface area (Å²) in [5.41, 5.74) is 6.72. The molecule has 0 bridgehead atoms. The largest absolute Gasteiger partial charge is 0.396 e. The summed E-state index contributed by atoms with van der Waals surface area (Å²) in [5.74, 6) is -0.157. The number of Topliss-reactive ketones (excluding diaryl/α,β-unsaturated/α-hetero) is 1. The zero-order valence-electron chi connectivity index (χ0n) is 11.2. The van der Waals surface area contributed by atoms with Crippen LogP contribution in [0.4, 0.5) is 10.7 Å². The SMILES string of the molecule is C=C(C)CNc1sc(C(=O)CC)c(N)c1S(C)(=O)=O. The molecule has 3 N–H and O–H groups in total. The van der Waals surface area contributed by atoms with Crippen LogP contribution in [0.2, 0.25) is 0 Å². The second kappa shape index (κ2) is 5.75. The van der Waals surface area contributed by atoms with Crippen LogP contribution in [0.15, 0.2) is 17.0 Å². The van der Waals surface area contributed by atoms with Gasteiger partial charge in [-0.25, -0.2) is 8.42 Å². The van der Waals surface area contributed by atoms with Gasteiger partial charge < -0.3 is 11.1 Å². The van der Waals surface area contributed by atoms with E-state index in [2.05, 4.69) is 11.9 Å². The van der Waals surface area contributed by atoms with Gasteiger partial charge in [0.05, 0.1) is 10.6 Å². The molecule has 0 radical (unpaired) electrons. The zero-order chi connectivity index (χ0) is 14.8. The third-order valence-corrected chi connectivity index (χ3v) is 4.89. The first kappa shape index (κ1) is 15.7. The Morgan fingerprint density at radius 3 is 2.47 bits per heavy atom. The standard InChI is InChI=1S/C12H18N2O3S2/c1-5-8(15)10-9(13)11(19(4,16)17)12(18-10)14-6-7(2)3/h14H,2,5-6,13H2,1,3-4H3. The van der Waals surface area contributed by atoms with Crippen LogP contribution in [0.1, 0.15) is 29.9 Å². The first-order valence-corrected chi connectivity index (χ1v) is 8.43. The molecule has 0 unspecified atom stereocenters. The van der Waals surface area contributed by atoms with Crippen molar-refractivity contribution in [3.8, 4) is 0 Å². The van der Waals surface area contributed by atoms with Crippen LogP contribution >= 0.6 is 11.3 Å². The Bertz CT molecular complexity index is 615. The van der Waals surface area contributed by atoms with Crippen LogP contribution in [-0.2, 0) is 9.84 Å². The average Bonchev–Trinajstić information content (AvgIpc) is 2.62. The number of nitrogens with one attached hydrogen (secondary N) is 1. The minimum Gasteiger partial charge on any atom is -0.396 e. The first-order chi connectivity index (χ1) is 8.68. The van der Waals surface area contributed by atoms with Crippen LogP contribution < -0.4 is 11.1 Å². The summed E-state index contributed by atoms with van der Waals surface area (Å²) in [6, 6.07) is 0. The Morgan fingerprint density at radius 2 is 2.05 bits per heavy atom. The lowest BCUT2D eigenvalue weighted by atomic mass is 10.2. The van der Waals surface area contributed by atoms with Gasteiger partial charge in [-0.1, -0.05) is 19.1 Å². The normalized spacial score (nSPS) is 11.3. The van der Waals surface area contributed by atoms with E-state index in [4.69, 9.17) is 5.73 Å². The maximum absolute atomic E-state index is 11.8. The minimum atomic E-state index is -3.49. The number of nitrogen functional groups attached to an aromatic ring is 1. The summed E-state index contributed by atoms with van der Waals surface area (Å²) in [4.78, 5) is 12.1. The highest BCUT2D eigenvalue weighted by Gasteiger charge is 2.26. The fourth-order valence-electron chi connectivity index (χ4n) is 1.51. The molecule has 0 aliphatic heterocycles. The van der Waals surface area contributed by atoms with Gasteiger partial charge >= 0.3 is 0 Å². The second-order valence-corrected chi connectivity index (χ2v) is 7.34. The van der Waals surface area contributed by atoms with Crippen LogP contribution in [0, 0.1) is 0 Å². The molecule has 19 heavy (non-hydrogen) atoms. The fourth-order valence-corrected chi connectivity index (χ4v) is 4.09. The number of hydrogen-bond donors (Lipinski definition) is 2. The molecule has 106 valence electrons. The van der Waals surface area contributed by atoms with Gasteiger partial charge in [0.15, 0.2) is 15.6 Å². The molecule has 5 nitrogen and oxygen atoms in total. The first-order valence-electron chi connectivity index (χ1n) is 5.72. The summed E-state index contributed by atoms with van der Waals surface area (Å²) >= 11 is 1.08. The molecular weight excluding hydrogens is 284 g/mol. The number of hydrogen-bond acceptors (Lipinski definition) is 6. The number of carbonyl (C=O) groups is 1. The zero-order valence-corrected chi connectivity index (χ0v) is 12.9. The number of anilines is 2. The van der Waals surface area contributed by atoms with Gasteiger partial charge in [-0.15, -0.1) is 11.3 Å². The van der Waals surface area contributed by atoms with Crippen molar-refractivity contribution in [1.29, 1.82) is 0 Å². The topological polar surface area (TPSA) is 89.3 Å². The predicted molar refractivity (Wildman–Crippen MR) is 79.8 cm³/mol. The third kappa shape index (κ3) is 3.57. The molecule has 0 aromatic carbocycles. The maximum Gasteiger partial charge on any atom is 0.180 e. The van der Waals surface area contributed by atoms with Gasteiger partial charge in [-0.05, 0) is 6.92 Å². The molecule has 0 aliphatic carbocycles. The van der Waals surface area contributed by atoms with Gasteiger partial charge in [0.1, 0.15) is 9.90 Å². The molecule has 1 rings (SSSR count). The molecule has 0 atom stereocenters. The highest BCUT2D eigenvalue weighted by Crippen LogP contribution is 2.39. The van der Waals surface area contributed by atoms with E-state index in [1.165, 1.54) is 0 Å². The number of ketones is 1. The quantitative estimate of drug-likeness (QED) is 0.622. The molecule has 0 fully saturated rings. The van der Waals surface area contributed by atoms with Crippen molar-refractivity contribution in [2.24, 2.45) is 0 Å². The van der Waals surface area contributed by atoms with E-state index >= 15 is 0 Å². The molecule has 7 heteroatoms. The summed E-state index contributed by atoms with van der Waals surface area (Å²) in [6.45, 7) is 7.70. The van der Waals surface area contributed by atoms with E-state index in [1.54, 1.807) is 6.92 Å². The van der Waals surface area contributed by atoms with E-state index in [0.717, 1.165) is 23.2 Å². The summed E-state index contributed by atoms with van der Waals surface area (Å²) in [6.07, 6.45) is 1.37. The lowest BCUT2D eigenvalue weighted by Crippen LogP contribution is -2.07. The second-order valence-electron chi connectivity index (χ2n) is 4.36. The smallest absolute Gasteiger partial charge is 0.180 e. The Morgan fingerprint density at radius 1 is 1.47 bits per heavy atom. The van der Waals surface area contributed by atoms with Gasteiger partial charge in [-0.3, -0.25) is 4.79 Å². The van der Waals surface area contributed by atoms with Crippen LogP contribution in [0.25, 0.3) is 0 Å². The molecule has 0 aliphatic rings. The monoisotopic (exact) mass is 302 g/mol. The summed E-state index contributed by atoms with van der Waals surface area (Å²) in [5, 5.41) is 3.37. The van der Waals surface area contributed by atoms with Crippen molar-refractivity contribution in [2.75, 3.05) is 23.9 Å². The molecule has 1 aromatic rings. The Kier molecular flexibility index (Phi) is 4.75. The summed E-state index contributed by atoms with van der Waals surface area (Å²) < 4.78 is 23.6. The van der Waals surface area contributed by atoms with Gasteiger partial charge in [0.25, 0.3) is 0 Å². The van der Waals surface area contributed by atoms with E-state index in [1.807, 2.05) is 6.92 Å². The van der Waals surface area contributed by atoms with Crippen LogP contribution in [0.3, 0.4) is 0 Å². The van der Waals surface area contributed by atoms with E-state index in [9.17, 15) is 13.2 Å². The van der Waals surface area contributed by atoms with Crippen molar-refractivity contribution < 1.29 is 13.2 Å². The van der Waals surface area contributed by atoms with Crippen molar-refractivity contribution >= 4 is 37.6 Å². The number of nitrogens with two attached hydrogens (primary N) is 1. The van der Waals surface area contributed by atoms with Crippen molar-refractivity contribution in [1.82, 2.24) is 0 Å². The lowest BCUT2D eigenvalue weighted by molar-refractivity contribution is 0.0992. The molecule has 0 spiro atoms. The fraction of sp³-hybridized carbons (Fsp3) is 0.417. The van der Waals surface area contributed by atoms with Gasteiger partial charge in [-0.2, -0.15) is 0 Å². The lowest BCUT2D eigenvalue weighted by Gasteiger charge is -2.06. The maximum atomic E-state index is 11.8. The van der Waals surface area contributed by atoms with Gasteiger partial charge in [0, 0.05) is 19.2 Å². The van der Waals surface area contributed by atoms with E-state index < -0.39 is 9.84 Å². The van der Waals surface area contributed by atoms with Crippen LogP contribution in [-0.4, -0.2) is 27.0 Å². The van der Waals surface area contributed by atoms with Crippen LogP contribution in [0.5, 0.6) is 0 Å². The number of thiophene rings is 1. The summed E-state index contributed by atoms with van der Waals surface area (Å²) in [7, 11) is -3.49. The number of rotatable bonds is 6. The number of carbonyl (C=O) groups excluding carboxylic acids is 1.